The van der Waals surface area contributed by atoms with E-state index in [1.807, 2.05) is 6.92 Å². The van der Waals surface area contributed by atoms with E-state index in [-0.39, 0.29) is 18.9 Å². The smallest absolute Gasteiger partial charge is 0.329 e. The molecule has 1 fully saturated rings. The van der Waals surface area contributed by atoms with Gasteiger partial charge in [0.05, 0.1) is 0 Å². The van der Waals surface area contributed by atoms with Gasteiger partial charge in [0.2, 0.25) is 5.91 Å². The van der Waals surface area contributed by atoms with Crippen molar-refractivity contribution in [2.45, 2.75) is 31.7 Å². The average Bonchev–Trinajstić information content (AvgIpc) is 2.99. The molecular weight excluding hydrogens is 226 g/mol. The maximum absolute atomic E-state index is 11.3. The molecule has 4 N–H and O–H groups in total. The van der Waals surface area contributed by atoms with Crippen LogP contribution in [0.4, 0.5) is 4.79 Å². The highest BCUT2D eigenvalue weighted by molar-refractivity contribution is 5.89. The van der Waals surface area contributed by atoms with Gasteiger partial charge in [-0.25, -0.2) is 9.59 Å². The van der Waals surface area contributed by atoms with E-state index in [9.17, 15) is 14.4 Å². The summed E-state index contributed by atoms with van der Waals surface area (Å²) in [5, 5.41) is 16.3. The molecular formula is C10H17N3O4. The van der Waals surface area contributed by atoms with Gasteiger partial charge in [-0.3, -0.25) is 4.79 Å². The number of hydrogen-bond donors (Lipinski definition) is 4. The summed E-state index contributed by atoms with van der Waals surface area (Å²) in [6.45, 7) is 2.54. The van der Waals surface area contributed by atoms with Gasteiger partial charge in [-0.1, -0.05) is 0 Å². The van der Waals surface area contributed by atoms with Gasteiger partial charge in [0.1, 0.15) is 5.54 Å². The van der Waals surface area contributed by atoms with Crippen molar-refractivity contribution in [3.05, 3.63) is 0 Å². The number of aliphatic carboxylic acids is 1. The fourth-order valence-corrected chi connectivity index (χ4v) is 1.35. The fourth-order valence-electron chi connectivity index (χ4n) is 1.35. The van der Waals surface area contributed by atoms with Crippen LogP contribution in [-0.4, -0.2) is 41.6 Å². The molecule has 0 aromatic heterocycles. The highest BCUT2D eigenvalue weighted by Crippen LogP contribution is 2.35. The zero-order chi connectivity index (χ0) is 12.9. The zero-order valence-electron chi connectivity index (χ0n) is 9.71. The van der Waals surface area contributed by atoms with Gasteiger partial charge < -0.3 is 21.1 Å². The van der Waals surface area contributed by atoms with E-state index < -0.39 is 17.5 Å². The first-order valence-corrected chi connectivity index (χ1v) is 5.56. The number of rotatable bonds is 6. The monoisotopic (exact) mass is 243 g/mol. The van der Waals surface area contributed by atoms with Crippen LogP contribution in [0.3, 0.4) is 0 Å². The predicted octanol–water partition coefficient (Wildman–Crippen LogP) is -0.571. The molecule has 0 aromatic rings. The second kappa shape index (κ2) is 5.51. The minimum absolute atomic E-state index is 0.146. The lowest BCUT2D eigenvalue weighted by molar-refractivity contribution is -0.140. The largest absolute Gasteiger partial charge is 0.480 e. The number of amides is 3. The van der Waals surface area contributed by atoms with Gasteiger partial charge in [-0.05, 0) is 19.8 Å². The summed E-state index contributed by atoms with van der Waals surface area (Å²) in [4.78, 5) is 33.2. The molecule has 7 heteroatoms. The maximum Gasteiger partial charge on any atom is 0.329 e. The Kier molecular flexibility index (Phi) is 4.30. The Morgan fingerprint density at radius 2 is 1.88 bits per heavy atom. The molecule has 1 rings (SSSR count). The van der Waals surface area contributed by atoms with Crippen molar-refractivity contribution in [1.82, 2.24) is 16.0 Å². The van der Waals surface area contributed by atoms with Crippen molar-refractivity contribution < 1.29 is 19.5 Å². The number of nitrogens with one attached hydrogen (secondary N) is 3. The van der Waals surface area contributed by atoms with Crippen LogP contribution in [0.25, 0.3) is 0 Å². The van der Waals surface area contributed by atoms with Gasteiger partial charge in [-0.2, -0.15) is 0 Å². The number of urea groups is 1. The molecule has 0 bridgehead atoms. The highest BCUT2D eigenvalue weighted by atomic mass is 16.4. The summed E-state index contributed by atoms with van der Waals surface area (Å²) in [7, 11) is 0. The number of carbonyl (C=O) groups is 3. The van der Waals surface area contributed by atoms with Crippen molar-refractivity contribution in [1.29, 1.82) is 0 Å². The van der Waals surface area contributed by atoms with E-state index in [0.29, 0.717) is 19.4 Å². The van der Waals surface area contributed by atoms with Crippen molar-refractivity contribution in [3.63, 3.8) is 0 Å². The predicted molar refractivity (Wildman–Crippen MR) is 59.4 cm³/mol. The van der Waals surface area contributed by atoms with Crippen LogP contribution < -0.4 is 16.0 Å². The average molecular weight is 243 g/mol. The van der Waals surface area contributed by atoms with Crippen LogP contribution in [0.2, 0.25) is 0 Å². The lowest BCUT2D eigenvalue weighted by Gasteiger charge is -2.13. The zero-order valence-corrected chi connectivity index (χ0v) is 9.71. The van der Waals surface area contributed by atoms with Crippen LogP contribution in [0.5, 0.6) is 0 Å². The molecule has 17 heavy (non-hydrogen) atoms. The Labute approximate surface area is 98.9 Å². The van der Waals surface area contributed by atoms with Crippen molar-refractivity contribution >= 4 is 17.9 Å². The van der Waals surface area contributed by atoms with Crippen molar-refractivity contribution in [3.8, 4) is 0 Å². The third kappa shape index (κ3) is 3.93. The van der Waals surface area contributed by atoms with Gasteiger partial charge in [-0.15, -0.1) is 0 Å². The van der Waals surface area contributed by atoms with Crippen LogP contribution in [-0.2, 0) is 9.59 Å². The quantitative estimate of drug-likeness (QED) is 0.501. The van der Waals surface area contributed by atoms with Crippen LogP contribution in [0, 0.1) is 0 Å². The fraction of sp³-hybridized carbons (Fsp3) is 0.700. The molecule has 0 saturated heterocycles. The van der Waals surface area contributed by atoms with E-state index >= 15 is 0 Å². The SMILES string of the molecule is CCNC(=O)CCNC(=O)NC1(C(=O)O)CC1. The molecule has 0 radical (unpaired) electrons. The molecule has 1 saturated carbocycles. The van der Waals surface area contributed by atoms with Crippen molar-refractivity contribution in [2.75, 3.05) is 13.1 Å². The molecule has 0 spiro atoms. The molecule has 1 aliphatic carbocycles. The summed E-state index contributed by atoms with van der Waals surface area (Å²) < 4.78 is 0. The van der Waals surface area contributed by atoms with Crippen LogP contribution in [0.1, 0.15) is 26.2 Å². The topological polar surface area (TPSA) is 108 Å². The van der Waals surface area contributed by atoms with E-state index in [1.54, 1.807) is 0 Å². The molecule has 0 unspecified atom stereocenters. The third-order valence-corrected chi connectivity index (χ3v) is 2.52. The minimum atomic E-state index is -1.09. The molecule has 7 nitrogen and oxygen atoms in total. The lowest BCUT2D eigenvalue weighted by atomic mass is 10.3. The second-order valence-corrected chi connectivity index (χ2v) is 3.97. The first kappa shape index (κ1) is 13.3. The molecule has 0 heterocycles. The minimum Gasteiger partial charge on any atom is -0.480 e. The second-order valence-electron chi connectivity index (χ2n) is 3.97. The Bertz CT molecular complexity index is 326. The standard InChI is InChI=1S/C10H17N3O4/c1-2-11-7(14)3-6-12-9(17)13-10(4-5-10)8(15)16/h2-6H2,1H3,(H,11,14)(H,15,16)(H2,12,13,17). The van der Waals surface area contributed by atoms with E-state index in [1.165, 1.54) is 0 Å². The van der Waals surface area contributed by atoms with E-state index in [4.69, 9.17) is 5.11 Å². The Morgan fingerprint density at radius 1 is 1.24 bits per heavy atom. The van der Waals surface area contributed by atoms with Crippen LogP contribution >= 0.6 is 0 Å². The van der Waals surface area contributed by atoms with Gasteiger partial charge >= 0.3 is 12.0 Å². The summed E-state index contributed by atoms with van der Waals surface area (Å²) in [6.07, 6.45) is 1.08. The molecule has 0 aromatic carbocycles. The Hall–Kier alpha value is -1.79. The maximum atomic E-state index is 11.3. The van der Waals surface area contributed by atoms with Gasteiger partial charge in [0.25, 0.3) is 0 Å². The summed E-state index contributed by atoms with van der Waals surface area (Å²) in [5.74, 6) is -1.16. The molecule has 0 aliphatic heterocycles. The van der Waals surface area contributed by atoms with E-state index in [2.05, 4.69) is 16.0 Å². The first-order valence-electron chi connectivity index (χ1n) is 5.56. The lowest BCUT2D eigenvalue weighted by Crippen LogP contribution is -2.48. The first-order chi connectivity index (χ1) is 8.00. The molecule has 96 valence electrons. The Morgan fingerprint density at radius 3 is 2.35 bits per heavy atom. The number of carboxylic acid groups (broad SMARTS) is 1. The van der Waals surface area contributed by atoms with E-state index in [0.717, 1.165) is 0 Å². The highest BCUT2D eigenvalue weighted by Gasteiger charge is 2.51. The van der Waals surface area contributed by atoms with Gasteiger partial charge in [0, 0.05) is 19.5 Å². The summed E-state index contributed by atoms with van der Waals surface area (Å²) >= 11 is 0. The molecule has 0 atom stereocenters. The normalized spacial score (nSPS) is 15.8. The summed E-state index contributed by atoms with van der Waals surface area (Å²) in [6, 6.07) is -0.547. The Balaban J connectivity index is 2.18. The van der Waals surface area contributed by atoms with Crippen LogP contribution in [0.15, 0.2) is 0 Å². The summed E-state index contributed by atoms with van der Waals surface area (Å²) in [5.41, 5.74) is -1.09. The number of carbonyl (C=O) groups excluding carboxylic acids is 2. The number of carboxylic acids is 1. The van der Waals surface area contributed by atoms with Crippen molar-refractivity contribution in [2.24, 2.45) is 0 Å². The van der Waals surface area contributed by atoms with Gasteiger partial charge in [0.15, 0.2) is 0 Å². The molecule has 1 aliphatic rings. The third-order valence-electron chi connectivity index (χ3n) is 2.52. The number of hydrogen-bond acceptors (Lipinski definition) is 3. The molecule has 3 amide bonds.